The molecule has 24 heavy (non-hydrogen) atoms. The highest BCUT2D eigenvalue weighted by molar-refractivity contribution is 8.00. The third-order valence-corrected chi connectivity index (χ3v) is 4.90. The summed E-state index contributed by atoms with van der Waals surface area (Å²) in [6.07, 6.45) is 0. The van der Waals surface area contributed by atoms with Crippen molar-refractivity contribution < 1.29 is 13.6 Å². The van der Waals surface area contributed by atoms with E-state index in [2.05, 4.69) is 20.5 Å². The maximum absolute atomic E-state index is 13.2. The second kappa shape index (κ2) is 7.10. The van der Waals surface area contributed by atoms with Gasteiger partial charge in [-0.1, -0.05) is 17.8 Å². The highest BCUT2D eigenvalue weighted by atomic mass is 32.2. The van der Waals surface area contributed by atoms with Crippen LogP contribution in [-0.4, -0.2) is 26.3 Å². The van der Waals surface area contributed by atoms with Crippen molar-refractivity contribution in [2.24, 2.45) is 0 Å². The van der Waals surface area contributed by atoms with Crippen molar-refractivity contribution >= 4 is 34.7 Å². The maximum Gasteiger partial charge on any atom is 0.237 e. The minimum Gasteiger partial charge on any atom is -0.325 e. The molecule has 124 valence electrons. The van der Waals surface area contributed by atoms with E-state index in [1.165, 1.54) is 29.2 Å². The lowest BCUT2D eigenvalue weighted by Gasteiger charge is -2.10. The molecule has 1 atom stereocenters. The molecule has 3 rings (SSSR count). The summed E-state index contributed by atoms with van der Waals surface area (Å²) in [6.45, 7) is 1.68. The number of aromatic nitrogens is 3. The van der Waals surface area contributed by atoms with Gasteiger partial charge in [-0.05, 0) is 30.5 Å². The molecule has 0 radical (unpaired) electrons. The molecule has 0 fully saturated rings. The van der Waals surface area contributed by atoms with Crippen LogP contribution in [0.1, 0.15) is 6.92 Å². The number of hydrogen-bond donors (Lipinski definition) is 2. The quantitative estimate of drug-likeness (QED) is 0.671. The Morgan fingerprint density at radius 3 is 2.88 bits per heavy atom. The predicted octanol–water partition coefficient (Wildman–Crippen LogP) is 3.93. The van der Waals surface area contributed by atoms with Gasteiger partial charge in [-0.2, -0.15) is 0 Å². The van der Waals surface area contributed by atoms with E-state index >= 15 is 0 Å². The van der Waals surface area contributed by atoms with Gasteiger partial charge in [0.2, 0.25) is 11.1 Å². The monoisotopic (exact) mass is 366 g/mol. The van der Waals surface area contributed by atoms with Gasteiger partial charge in [-0.25, -0.2) is 13.8 Å². The number of carbonyl (C=O) groups excluding carboxylic acids is 1. The Morgan fingerprint density at radius 2 is 2.17 bits per heavy atom. The third-order valence-electron chi connectivity index (χ3n) is 3.06. The number of halogens is 2. The molecule has 0 spiro atoms. The SMILES string of the molecule is C[C@@H](Sc1n[nH]c(-c2cccs2)n1)C(=O)Nc1ccc(F)c(F)c1. The summed E-state index contributed by atoms with van der Waals surface area (Å²) < 4.78 is 26.1. The fourth-order valence-corrected chi connectivity index (χ4v) is 3.24. The van der Waals surface area contributed by atoms with Crippen LogP contribution in [0.15, 0.2) is 40.9 Å². The zero-order valence-corrected chi connectivity index (χ0v) is 14.0. The summed E-state index contributed by atoms with van der Waals surface area (Å²) >= 11 is 2.70. The number of carbonyl (C=O) groups is 1. The van der Waals surface area contributed by atoms with Crippen molar-refractivity contribution in [1.29, 1.82) is 0 Å². The number of nitrogens with one attached hydrogen (secondary N) is 2. The highest BCUT2D eigenvalue weighted by Gasteiger charge is 2.18. The van der Waals surface area contributed by atoms with Gasteiger partial charge in [-0.15, -0.1) is 16.4 Å². The average Bonchev–Trinajstić information content (AvgIpc) is 3.21. The number of rotatable bonds is 5. The molecule has 0 saturated carbocycles. The van der Waals surface area contributed by atoms with Gasteiger partial charge in [-0.3, -0.25) is 9.89 Å². The summed E-state index contributed by atoms with van der Waals surface area (Å²) in [4.78, 5) is 17.4. The molecule has 0 aliphatic carbocycles. The Labute approximate surface area is 144 Å². The fraction of sp³-hybridized carbons (Fsp3) is 0.133. The minimum absolute atomic E-state index is 0.195. The van der Waals surface area contributed by atoms with E-state index in [4.69, 9.17) is 0 Å². The Morgan fingerprint density at radius 1 is 1.33 bits per heavy atom. The molecule has 0 bridgehead atoms. The molecule has 1 amide bonds. The van der Waals surface area contributed by atoms with E-state index in [9.17, 15) is 13.6 Å². The van der Waals surface area contributed by atoms with Crippen LogP contribution in [-0.2, 0) is 4.79 Å². The molecule has 1 aromatic carbocycles. The number of benzene rings is 1. The number of anilines is 1. The lowest BCUT2D eigenvalue weighted by molar-refractivity contribution is -0.115. The Balaban J connectivity index is 1.62. The van der Waals surface area contributed by atoms with Crippen molar-refractivity contribution in [2.75, 3.05) is 5.32 Å². The van der Waals surface area contributed by atoms with Crippen LogP contribution in [0.2, 0.25) is 0 Å². The van der Waals surface area contributed by atoms with Gasteiger partial charge < -0.3 is 5.32 Å². The van der Waals surface area contributed by atoms with E-state index in [1.807, 2.05) is 17.5 Å². The van der Waals surface area contributed by atoms with Crippen LogP contribution in [0, 0.1) is 11.6 Å². The summed E-state index contributed by atoms with van der Waals surface area (Å²) in [5.41, 5.74) is 0.195. The molecule has 0 aliphatic rings. The second-order valence-corrected chi connectivity index (χ2v) is 7.08. The Bertz CT molecular complexity index is 851. The Kier molecular flexibility index (Phi) is 4.91. The van der Waals surface area contributed by atoms with Crippen LogP contribution >= 0.6 is 23.1 Å². The van der Waals surface area contributed by atoms with Gasteiger partial charge in [0.15, 0.2) is 17.5 Å². The van der Waals surface area contributed by atoms with Crippen molar-refractivity contribution in [3.05, 3.63) is 47.3 Å². The number of aromatic amines is 1. The van der Waals surface area contributed by atoms with E-state index < -0.39 is 16.9 Å². The van der Waals surface area contributed by atoms with Crippen LogP contribution in [0.4, 0.5) is 14.5 Å². The molecule has 2 N–H and O–H groups in total. The summed E-state index contributed by atoms with van der Waals surface area (Å²) in [7, 11) is 0. The summed E-state index contributed by atoms with van der Waals surface area (Å²) in [5, 5.41) is 11.3. The molecule has 9 heteroatoms. The topological polar surface area (TPSA) is 70.7 Å². The first-order valence-electron chi connectivity index (χ1n) is 6.92. The zero-order valence-electron chi connectivity index (χ0n) is 12.4. The maximum atomic E-state index is 13.2. The van der Waals surface area contributed by atoms with E-state index in [-0.39, 0.29) is 11.6 Å². The van der Waals surface area contributed by atoms with Crippen LogP contribution in [0.3, 0.4) is 0 Å². The molecule has 0 aliphatic heterocycles. The van der Waals surface area contributed by atoms with E-state index in [0.29, 0.717) is 11.0 Å². The normalized spacial score (nSPS) is 12.1. The largest absolute Gasteiger partial charge is 0.325 e. The molecule has 5 nitrogen and oxygen atoms in total. The second-order valence-electron chi connectivity index (χ2n) is 4.82. The van der Waals surface area contributed by atoms with E-state index in [1.54, 1.807) is 6.92 Å². The van der Waals surface area contributed by atoms with E-state index in [0.717, 1.165) is 17.0 Å². The molecular formula is C15H12F2N4OS2. The van der Waals surface area contributed by atoms with Crippen LogP contribution < -0.4 is 5.32 Å². The first-order valence-corrected chi connectivity index (χ1v) is 8.67. The molecular weight excluding hydrogens is 354 g/mol. The predicted molar refractivity (Wildman–Crippen MR) is 90.0 cm³/mol. The summed E-state index contributed by atoms with van der Waals surface area (Å²) in [6, 6.07) is 7.03. The smallest absolute Gasteiger partial charge is 0.237 e. The lowest BCUT2D eigenvalue weighted by Crippen LogP contribution is -2.22. The van der Waals surface area contributed by atoms with Crippen LogP contribution in [0.5, 0.6) is 0 Å². The molecule has 3 aromatic rings. The first kappa shape index (κ1) is 16.6. The number of H-pyrrole nitrogens is 1. The minimum atomic E-state index is -1.01. The van der Waals surface area contributed by atoms with Crippen molar-refractivity contribution in [3.63, 3.8) is 0 Å². The van der Waals surface area contributed by atoms with Crippen molar-refractivity contribution in [3.8, 4) is 10.7 Å². The highest BCUT2D eigenvalue weighted by Crippen LogP contribution is 2.26. The van der Waals surface area contributed by atoms with Gasteiger partial charge in [0.05, 0.1) is 10.1 Å². The number of hydrogen-bond acceptors (Lipinski definition) is 5. The molecule has 0 saturated heterocycles. The molecule has 0 unspecified atom stereocenters. The lowest BCUT2D eigenvalue weighted by atomic mass is 10.3. The average molecular weight is 366 g/mol. The van der Waals surface area contributed by atoms with Crippen LogP contribution in [0.25, 0.3) is 10.7 Å². The standard InChI is InChI=1S/C15H12F2N4OS2/c1-8(14(22)18-9-4-5-10(16)11(17)7-9)24-15-19-13(20-21-15)12-3-2-6-23-12/h2-8H,1H3,(H,18,22)(H,19,20,21)/t8-/m1/s1. The molecule has 2 aromatic heterocycles. The first-order chi connectivity index (χ1) is 11.5. The summed E-state index contributed by atoms with van der Waals surface area (Å²) in [5.74, 6) is -1.69. The zero-order chi connectivity index (χ0) is 17.1. The number of thioether (sulfide) groups is 1. The number of thiophene rings is 1. The number of amides is 1. The third kappa shape index (κ3) is 3.80. The van der Waals surface area contributed by atoms with Crippen molar-refractivity contribution in [2.45, 2.75) is 17.3 Å². The van der Waals surface area contributed by atoms with Gasteiger partial charge in [0.1, 0.15) is 0 Å². The van der Waals surface area contributed by atoms with Gasteiger partial charge in [0.25, 0.3) is 0 Å². The van der Waals surface area contributed by atoms with Gasteiger partial charge in [0, 0.05) is 11.8 Å². The Hall–Kier alpha value is -2.26. The van der Waals surface area contributed by atoms with Crippen molar-refractivity contribution in [1.82, 2.24) is 15.2 Å². The molecule has 2 heterocycles. The number of nitrogens with zero attached hydrogens (tertiary/aromatic N) is 2. The fourth-order valence-electron chi connectivity index (χ4n) is 1.85. The van der Waals surface area contributed by atoms with Gasteiger partial charge >= 0.3 is 0 Å².